The van der Waals surface area contributed by atoms with E-state index in [1.807, 2.05) is 0 Å². The van der Waals surface area contributed by atoms with Gasteiger partial charge in [0.2, 0.25) is 0 Å². The number of carbonyl (C=O) groups excluding carboxylic acids is 4. The summed E-state index contributed by atoms with van der Waals surface area (Å²) < 4.78 is 10.8. The van der Waals surface area contributed by atoms with E-state index >= 15 is 0 Å². The molecule has 0 bridgehead atoms. The zero-order chi connectivity index (χ0) is 25.7. The van der Waals surface area contributed by atoms with Crippen molar-refractivity contribution in [1.82, 2.24) is 5.32 Å². The average Bonchev–Trinajstić information content (AvgIpc) is 2.86. The highest BCUT2D eigenvalue weighted by Crippen LogP contribution is 2.26. The molecule has 0 atom stereocenters. The zero-order valence-corrected chi connectivity index (χ0v) is 19.7. The normalized spacial score (nSPS) is 14.4. The minimum absolute atomic E-state index is 0.224. The summed E-state index contributed by atoms with van der Waals surface area (Å²) in [4.78, 5) is 50.9. The number of methoxy groups -OCH3 is 1. The van der Waals surface area contributed by atoms with Crippen LogP contribution in [0, 0.1) is 0 Å². The molecule has 1 heterocycles. The molecule has 10 heteroatoms. The van der Waals surface area contributed by atoms with Crippen molar-refractivity contribution < 1.29 is 28.7 Å². The fraction of sp³-hybridized carbons (Fsp3) is 0.0769. The number of halogens is 1. The van der Waals surface area contributed by atoms with Gasteiger partial charge < -0.3 is 14.8 Å². The summed E-state index contributed by atoms with van der Waals surface area (Å²) in [7, 11) is 1.50. The second-order valence-corrected chi connectivity index (χ2v) is 7.98. The largest absolute Gasteiger partial charge is 0.495 e. The van der Waals surface area contributed by atoms with E-state index in [1.165, 1.54) is 25.3 Å². The summed E-state index contributed by atoms with van der Waals surface area (Å²) in [5.41, 5.74) is 0.937. The molecule has 4 rings (SSSR count). The number of rotatable bonds is 7. The second kappa shape index (κ2) is 10.7. The standard InChI is InChI=1S/C26H20ClN3O6/c1-35-22-11-3-2-10-21(22)28-23(31)15-36-19-9-4-6-16(12-19)13-20-24(32)29-26(34)30(25(20)33)18-8-5-7-17(27)14-18/h2-14H,15H2,1H3,(H,28,31)(H,29,32,34)/b20-13+. The molecular formula is C26H20ClN3O6. The fourth-order valence-electron chi connectivity index (χ4n) is 3.45. The van der Waals surface area contributed by atoms with E-state index in [9.17, 15) is 19.2 Å². The van der Waals surface area contributed by atoms with Gasteiger partial charge in [0.05, 0.1) is 18.5 Å². The van der Waals surface area contributed by atoms with Crippen LogP contribution in [-0.2, 0) is 14.4 Å². The number of imide groups is 2. The molecule has 5 amide bonds. The number of anilines is 2. The zero-order valence-electron chi connectivity index (χ0n) is 19.0. The molecule has 1 fully saturated rings. The van der Waals surface area contributed by atoms with Gasteiger partial charge >= 0.3 is 6.03 Å². The Morgan fingerprint density at radius 2 is 1.81 bits per heavy atom. The first-order chi connectivity index (χ1) is 17.4. The Morgan fingerprint density at radius 3 is 2.58 bits per heavy atom. The van der Waals surface area contributed by atoms with Gasteiger partial charge in [0, 0.05) is 5.02 Å². The van der Waals surface area contributed by atoms with Crippen LogP contribution in [0.5, 0.6) is 11.5 Å². The van der Waals surface area contributed by atoms with E-state index in [1.54, 1.807) is 60.7 Å². The number of urea groups is 1. The molecular weight excluding hydrogens is 486 g/mol. The van der Waals surface area contributed by atoms with Crippen LogP contribution in [-0.4, -0.2) is 37.5 Å². The number of hydrogen-bond donors (Lipinski definition) is 2. The molecule has 0 unspecified atom stereocenters. The number of benzene rings is 3. The lowest BCUT2D eigenvalue weighted by Gasteiger charge is -2.26. The quantitative estimate of drug-likeness (QED) is 0.370. The number of hydrogen-bond acceptors (Lipinski definition) is 6. The summed E-state index contributed by atoms with van der Waals surface area (Å²) in [6, 6.07) is 18.7. The highest BCUT2D eigenvalue weighted by molar-refractivity contribution is 6.39. The highest BCUT2D eigenvalue weighted by atomic mass is 35.5. The number of nitrogens with one attached hydrogen (secondary N) is 2. The van der Waals surface area contributed by atoms with Crippen LogP contribution in [0.3, 0.4) is 0 Å². The third kappa shape index (κ3) is 5.53. The molecule has 0 radical (unpaired) electrons. The molecule has 0 spiro atoms. The molecule has 1 aliphatic rings. The van der Waals surface area contributed by atoms with Gasteiger partial charge in [0.15, 0.2) is 6.61 Å². The van der Waals surface area contributed by atoms with Gasteiger partial charge in [-0.25, -0.2) is 9.69 Å². The topological polar surface area (TPSA) is 114 Å². The van der Waals surface area contributed by atoms with E-state index in [-0.39, 0.29) is 17.9 Å². The third-order valence-corrected chi connectivity index (χ3v) is 5.32. The van der Waals surface area contributed by atoms with Gasteiger partial charge in [-0.3, -0.25) is 19.7 Å². The maximum absolute atomic E-state index is 13.0. The minimum Gasteiger partial charge on any atom is -0.495 e. The van der Waals surface area contributed by atoms with E-state index in [4.69, 9.17) is 21.1 Å². The summed E-state index contributed by atoms with van der Waals surface area (Å²) in [5.74, 6) is -1.17. The summed E-state index contributed by atoms with van der Waals surface area (Å²) in [5, 5.41) is 5.19. The summed E-state index contributed by atoms with van der Waals surface area (Å²) in [6.07, 6.45) is 1.34. The van der Waals surface area contributed by atoms with Gasteiger partial charge in [0.25, 0.3) is 17.7 Å². The monoisotopic (exact) mass is 505 g/mol. The Labute approximate surface area is 211 Å². The Balaban J connectivity index is 1.49. The van der Waals surface area contributed by atoms with Crippen LogP contribution in [0.4, 0.5) is 16.2 Å². The molecule has 2 N–H and O–H groups in total. The fourth-order valence-corrected chi connectivity index (χ4v) is 3.64. The lowest BCUT2D eigenvalue weighted by atomic mass is 10.1. The van der Waals surface area contributed by atoms with Crippen molar-refractivity contribution in [2.24, 2.45) is 0 Å². The SMILES string of the molecule is COc1ccccc1NC(=O)COc1cccc(/C=C2\C(=O)NC(=O)N(c3cccc(Cl)c3)C2=O)c1. The molecule has 0 aliphatic carbocycles. The first-order valence-corrected chi connectivity index (χ1v) is 11.1. The summed E-state index contributed by atoms with van der Waals surface area (Å²) in [6.45, 7) is -0.283. The van der Waals surface area contributed by atoms with Crippen LogP contribution in [0.2, 0.25) is 5.02 Å². The Hall–Kier alpha value is -4.63. The van der Waals surface area contributed by atoms with Gasteiger partial charge in [-0.15, -0.1) is 0 Å². The number of ether oxygens (including phenoxy) is 2. The van der Waals surface area contributed by atoms with Crippen LogP contribution < -0.4 is 25.0 Å². The molecule has 182 valence electrons. The minimum atomic E-state index is -0.873. The van der Waals surface area contributed by atoms with Crippen molar-refractivity contribution in [3.05, 3.63) is 89.0 Å². The van der Waals surface area contributed by atoms with Crippen molar-refractivity contribution in [3.63, 3.8) is 0 Å². The molecule has 3 aromatic rings. The van der Waals surface area contributed by atoms with Crippen molar-refractivity contribution in [2.75, 3.05) is 23.9 Å². The maximum atomic E-state index is 13.0. The Morgan fingerprint density at radius 1 is 1.03 bits per heavy atom. The first kappa shape index (κ1) is 24.5. The average molecular weight is 506 g/mol. The van der Waals surface area contributed by atoms with E-state index < -0.39 is 23.8 Å². The van der Waals surface area contributed by atoms with Crippen LogP contribution in [0.25, 0.3) is 6.08 Å². The van der Waals surface area contributed by atoms with E-state index in [2.05, 4.69) is 10.6 Å². The first-order valence-electron chi connectivity index (χ1n) is 10.7. The van der Waals surface area contributed by atoms with E-state index in [0.29, 0.717) is 27.8 Å². The number of para-hydroxylation sites is 2. The molecule has 0 saturated carbocycles. The van der Waals surface area contributed by atoms with Crippen LogP contribution >= 0.6 is 11.6 Å². The Bertz CT molecular complexity index is 1390. The van der Waals surface area contributed by atoms with E-state index in [0.717, 1.165) is 4.90 Å². The number of carbonyl (C=O) groups is 4. The van der Waals surface area contributed by atoms with Gasteiger partial charge in [-0.05, 0) is 54.1 Å². The number of barbiturate groups is 1. The molecule has 9 nitrogen and oxygen atoms in total. The Kier molecular flexibility index (Phi) is 7.31. The lowest BCUT2D eigenvalue weighted by molar-refractivity contribution is -0.122. The molecule has 1 aliphatic heterocycles. The van der Waals surface area contributed by atoms with Gasteiger partial charge in [0.1, 0.15) is 17.1 Å². The molecule has 3 aromatic carbocycles. The summed E-state index contributed by atoms with van der Waals surface area (Å²) >= 11 is 5.98. The number of nitrogens with zero attached hydrogens (tertiary/aromatic N) is 1. The third-order valence-electron chi connectivity index (χ3n) is 5.09. The molecule has 0 aromatic heterocycles. The number of amides is 5. The van der Waals surface area contributed by atoms with Crippen molar-refractivity contribution in [1.29, 1.82) is 0 Å². The van der Waals surface area contributed by atoms with Gasteiger partial charge in [-0.1, -0.05) is 41.9 Å². The van der Waals surface area contributed by atoms with Crippen LogP contribution in [0.1, 0.15) is 5.56 Å². The highest BCUT2D eigenvalue weighted by Gasteiger charge is 2.36. The van der Waals surface area contributed by atoms with Crippen molar-refractivity contribution >= 4 is 52.8 Å². The van der Waals surface area contributed by atoms with Crippen molar-refractivity contribution in [3.8, 4) is 11.5 Å². The maximum Gasteiger partial charge on any atom is 0.335 e. The second-order valence-electron chi connectivity index (χ2n) is 7.55. The predicted octanol–water partition coefficient (Wildman–Crippen LogP) is 4.03. The lowest BCUT2D eigenvalue weighted by Crippen LogP contribution is -2.54. The predicted molar refractivity (Wildman–Crippen MR) is 134 cm³/mol. The smallest absolute Gasteiger partial charge is 0.335 e. The molecule has 36 heavy (non-hydrogen) atoms. The van der Waals surface area contributed by atoms with Crippen LogP contribution in [0.15, 0.2) is 78.4 Å². The van der Waals surface area contributed by atoms with Gasteiger partial charge in [-0.2, -0.15) is 0 Å². The van der Waals surface area contributed by atoms with Crippen molar-refractivity contribution in [2.45, 2.75) is 0 Å². The molecule has 1 saturated heterocycles.